The van der Waals surface area contributed by atoms with Crippen molar-refractivity contribution in [3.63, 3.8) is 0 Å². The van der Waals surface area contributed by atoms with Crippen LogP contribution in [0, 0.1) is 5.82 Å². The summed E-state index contributed by atoms with van der Waals surface area (Å²) in [6, 6.07) is 8.38. The van der Waals surface area contributed by atoms with Crippen LogP contribution in [-0.4, -0.2) is 35.6 Å². The Morgan fingerprint density at radius 1 is 1.17 bits per heavy atom. The Bertz CT molecular complexity index is 1010. The molecule has 2 aromatic rings. The van der Waals surface area contributed by atoms with Crippen LogP contribution < -0.4 is 20.1 Å². The number of fused-ring (bicyclic) bond motifs is 1. The van der Waals surface area contributed by atoms with Gasteiger partial charge in [-0.3, -0.25) is 9.59 Å². The van der Waals surface area contributed by atoms with Crippen molar-refractivity contribution in [3.05, 3.63) is 53.8 Å². The topological polar surface area (TPSA) is 97.0 Å². The predicted molar refractivity (Wildman–Crippen MR) is 99.8 cm³/mol. The fraction of sp³-hybridized carbons (Fsp3) is 0.250. The number of carbonyl (C=O) groups excluding carboxylic acids is 3. The van der Waals surface area contributed by atoms with E-state index in [1.807, 2.05) is 0 Å². The molecule has 2 heterocycles. The van der Waals surface area contributed by atoms with Crippen molar-refractivity contribution in [2.45, 2.75) is 25.4 Å². The minimum atomic E-state index is -1.36. The number of nitrogens with zero attached hydrogens (tertiary/aromatic N) is 1. The van der Waals surface area contributed by atoms with Crippen LogP contribution in [0.3, 0.4) is 0 Å². The highest BCUT2D eigenvalue weighted by molar-refractivity contribution is 6.11. The van der Waals surface area contributed by atoms with Gasteiger partial charge in [0.25, 0.3) is 5.91 Å². The standard InChI is InChI=1S/C20H18FN3O5/c1-11(17(25)22-14-6-4-13(21)5-7-14)24-18(26)20(2,23-19(24)27)12-3-8-15-16(9-12)29-10-28-15/h3-9,11H,10H2,1-2H3,(H,22,25)(H,23,27). The fourth-order valence-corrected chi connectivity index (χ4v) is 3.31. The van der Waals surface area contributed by atoms with E-state index in [2.05, 4.69) is 10.6 Å². The third-order valence-electron chi connectivity index (χ3n) is 5.05. The number of hydrogen-bond acceptors (Lipinski definition) is 5. The summed E-state index contributed by atoms with van der Waals surface area (Å²) in [5, 5.41) is 5.23. The van der Waals surface area contributed by atoms with E-state index in [0.29, 0.717) is 22.7 Å². The van der Waals surface area contributed by atoms with Gasteiger partial charge in [0.2, 0.25) is 12.7 Å². The Kier molecular flexibility index (Phi) is 4.37. The van der Waals surface area contributed by atoms with Crippen LogP contribution in [-0.2, 0) is 15.1 Å². The van der Waals surface area contributed by atoms with Gasteiger partial charge < -0.3 is 20.1 Å². The number of nitrogens with one attached hydrogen (secondary N) is 2. The zero-order chi connectivity index (χ0) is 20.8. The summed E-state index contributed by atoms with van der Waals surface area (Å²) in [4.78, 5) is 39.1. The molecule has 29 heavy (non-hydrogen) atoms. The Labute approximate surface area is 165 Å². The summed E-state index contributed by atoms with van der Waals surface area (Å²) in [5.74, 6) is -0.549. The molecule has 0 bridgehead atoms. The summed E-state index contributed by atoms with van der Waals surface area (Å²) in [6.45, 7) is 3.10. The first-order chi connectivity index (χ1) is 13.8. The van der Waals surface area contributed by atoms with Gasteiger partial charge in [0.15, 0.2) is 11.5 Å². The lowest BCUT2D eigenvalue weighted by Crippen LogP contribution is -2.47. The first kappa shape index (κ1) is 18.7. The van der Waals surface area contributed by atoms with Gasteiger partial charge in [-0.05, 0) is 55.8 Å². The quantitative estimate of drug-likeness (QED) is 0.770. The fourth-order valence-electron chi connectivity index (χ4n) is 3.31. The van der Waals surface area contributed by atoms with E-state index < -0.39 is 35.2 Å². The highest BCUT2D eigenvalue weighted by Gasteiger charge is 2.52. The number of ether oxygens (including phenoxy) is 2. The summed E-state index contributed by atoms with van der Waals surface area (Å²) >= 11 is 0. The van der Waals surface area contributed by atoms with Gasteiger partial charge in [-0.2, -0.15) is 0 Å². The molecule has 150 valence electrons. The minimum Gasteiger partial charge on any atom is -0.454 e. The second-order valence-corrected chi connectivity index (χ2v) is 6.97. The third kappa shape index (κ3) is 3.14. The molecule has 4 rings (SSSR count). The number of anilines is 1. The predicted octanol–water partition coefficient (Wildman–Crippen LogP) is 2.35. The minimum absolute atomic E-state index is 0.0858. The van der Waals surface area contributed by atoms with Crippen molar-refractivity contribution in [1.29, 1.82) is 0 Å². The molecule has 0 radical (unpaired) electrons. The summed E-state index contributed by atoms with van der Waals surface area (Å²) in [6.07, 6.45) is 0. The molecule has 4 amide bonds. The third-order valence-corrected chi connectivity index (χ3v) is 5.05. The molecule has 0 aliphatic carbocycles. The molecule has 1 fully saturated rings. The smallest absolute Gasteiger partial charge is 0.326 e. The number of benzene rings is 2. The van der Waals surface area contributed by atoms with E-state index in [0.717, 1.165) is 4.90 Å². The highest BCUT2D eigenvalue weighted by atomic mass is 19.1. The van der Waals surface area contributed by atoms with Crippen molar-refractivity contribution in [2.75, 3.05) is 12.1 Å². The second-order valence-electron chi connectivity index (χ2n) is 6.97. The van der Waals surface area contributed by atoms with E-state index in [9.17, 15) is 18.8 Å². The SMILES string of the molecule is CC(C(=O)Nc1ccc(F)cc1)N1C(=O)NC(C)(c2ccc3c(c2)OCO3)C1=O. The van der Waals surface area contributed by atoms with Crippen molar-refractivity contribution >= 4 is 23.5 Å². The number of imide groups is 1. The largest absolute Gasteiger partial charge is 0.454 e. The summed E-state index contributed by atoms with van der Waals surface area (Å²) in [5.41, 5.74) is -0.495. The zero-order valence-electron chi connectivity index (χ0n) is 15.7. The van der Waals surface area contributed by atoms with Crippen LogP contribution in [0.2, 0.25) is 0 Å². The van der Waals surface area contributed by atoms with E-state index in [-0.39, 0.29) is 6.79 Å². The number of urea groups is 1. The average Bonchev–Trinajstić information content (AvgIpc) is 3.25. The van der Waals surface area contributed by atoms with E-state index in [1.165, 1.54) is 31.2 Å². The molecule has 2 atom stereocenters. The molecule has 2 aromatic carbocycles. The normalized spacial score (nSPS) is 21.1. The molecule has 0 aromatic heterocycles. The molecular formula is C20H18FN3O5. The monoisotopic (exact) mass is 399 g/mol. The van der Waals surface area contributed by atoms with Crippen LogP contribution in [0.15, 0.2) is 42.5 Å². The Morgan fingerprint density at radius 2 is 1.86 bits per heavy atom. The maximum Gasteiger partial charge on any atom is 0.326 e. The van der Waals surface area contributed by atoms with Gasteiger partial charge in [0.1, 0.15) is 17.4 Å². The van der Waals surface area contributed by atoms with Crippen LogP contribution in [0.1, 0.15) is 19.4 Å². The van der Waals surface area contributed by atoms with Crippen LogP contribution >= 0.6 is 0 Å². The first-order valence-corrected chi connectivity index (χ1v) is 8.92. The summed E-state index contributed by atoms with van der Waals surface area (Å²) in [7, 11) is 0. The second kappa shape index (κ2) is 6.77. The number of halogens is 1. The molecule has 2 N–H and O–H groups in total. The lowest BCUT2D eigenvalue weighted by atomic mass is 9.91. The molecule has 2 aliphatic heterocycles. The van der Waals surface area contributed by atoms with E-state index in [4.69, 9.17) is 9.47 Å². The van der Waals surface area contributed by atoms with Gasteiger partial charge >= 0.3 is 6.03 Å². The van der Waals surface area contributed by atoms with E-state index in [1.54, 1.807) is 25.1 Å². The van der Waals surface area contributed by atoms with Crippen molar-refractivity contribution in [2.24, 2.45) is 0 Å². The van der Waals surface area contributed by atoms with Gasteiger partial charge in [0.05, 0.1) is 0 Å². The van der Waals surface area contributed by atoms with Gasteiger partial charge in [0, 0.05) is 5.69 Å². The van der Waals surface area contributed by atoms with Crippen LogP contribution in [0.5, 0.6) is 11.5 Å². The molecule has 2 aliphatic rings. The molecule has 0 spiro atoms. The van der Waals surface area contributed by atoms with Crippen LogP contribution in [0.4, 0.5) is 14.9 Å². The molecule has 1 saturated heterocycles. The van der Waals surface area contributed by atoms with Gasteiger partial charge in [-0.1, -0.05) is 6.07 Å². The molecule has 8 nitrogen and oxygen atoms in total. The molecular weight excluding hydrogens is 381 g/mol. The number of amides is 4. The van der Waals surface area contributed by atoms with Crippen molar-refractivity contribution in [1.82, 2.24) is 10.2 Å². The Morgan fingerprint density at radius 3 is 2.59 bits per heavy atom. The van der Waals surface area contributed by atoms with E-state index >= 15 is 0 Å². The molecule has 2 unspecified atom stereocenters. The van der Waals surface area contributed by atoms with Gasteiger partial charge in [-0.25, -0.2) is 14.1 Å². The Balaban J connectivity index is 1.55. The van der Waals surface area contributed by atoms with Crippen molar-refractivity contribution in [3.8, 4) is 11.5 Å². The Hall–Kier alpha value is -3.62. The lowest BCUT2D eigenvalue weighted by molar-refractivity contribution is -0.136. The molecule has 9 heteroatoms. The maximum atomic E-state index is 13.1. The van der Waals surface area contributed by atoms with Gasteiger partial charge in [-0.15, -0.1) is 0 Å². The highest BCUT2D eigenvalue weighted by Crippen LogP contribution is 2.38. The maximum absolute atomic E-state index is 13.1. The summed E-state index contributed by atoms with van der Waals surface area (Å²) < 4.78 is 23.6. The lowest BCUT2D eigenvalue weighted by Gasteiger charge is -2.24. The average molecular weight is 399 g/mol. The van der Waals surface area contributed by atoms with Crippen molar-refractivity contribution < 1.29 is 28.2 Å². The number of carbonyl (C=O) groups is 3. The first-order valence-electron chi connectivity index (χ1n) is 8.92. The molecule has 0 saturated carbocycles. The zero-order valence-corrected chi connectivity index (χ0v) is 15.7. The van der Waals surface area contributed by atoms with Crippen LogP contribution in [0.25, 0.3) is 0 Å². The number of rotatable bonds is 4. The number of hydrogen-bond donors (Lipinski definition) is 2.